The Labute approximate surface area is 181 Å². The van der Waals surface area contributed by atoms with Gasteiger partial charge in [0.05, 0.1) is 29.1 Å². The van der Waals surface area contributed by atoms with E-state index in [1.807, 2.05) is 4.90 Å². The number of thiazole rings is 1. The second kappa shape index (κ2) is 8.74. The summed E-state index contributed by atoms with van der Waals surface area (Å²) < 4.78 is 39.7. The smallest absolute Gasteiger partial charge is 0.370 e. The Balaban J connectivity index is 1.51. The molecule has 1 aromatic heterocycles. The highest BCUT2D eigenvalue weighted by atomic mass is 32.1. The number of carbonyl (C=O) groups excluding carboxylic acids is 2. The Hall–Kier alpha value is -2.82. The molecule has 2 aliphatic rings. The van der Waals surface area contributed by atoms with Crippen LogP contribution in [0.2, 0.25) is 0 Å². The van der Waals surface area contributed by atoms with Crippen molar-refractivity contribution in [1.82, 2.24) is 10.3 Å². The Kier molecular flexibility index (Phi) is 6.03. The molecule has 0 radical (unpaired) electrons. The molecule has 2 saturated heterocycles. The third-order valence-corrected chi connectivity index (χ3v) is 6.18. The standard InChI is InChI=1S/C20H22F3N5O2S/c21-20(22,23)13-4-5-16(27-7-2-1-3-8-27)15(10-13)26-17(29)11-14-12-31-19(25-14)28-9-6-24-18(28)30/h4-5,10,12H,1-3,6-9,11H2,(H,24,30)(H,26,29). The highest BCUT2D eigenvalue weighted by Gasteiger charge is 2.32. The van der Waals surface area contributed by atoms with Gasteiger partial charge in [-0.15, -0.1) is 11.3 Å². The number of hydrogen-bond acceptors (Lipinski definition) is 5. The topological polar surface area (TPSA) is 77.6 Å². The first-order chi connectivity index (χ1) is 14.8. The quantitative estimate of drug-likeness (QED) is 0.721. The number of halogens is 3. The van der Waals surface area contributed by atoms with Crippen LogP contribution >= 0.6 is 11.3 Å². The van der Waals surface area contributed by atoms with E-state index in [4.69, 9.17) is 0 Å². The molecule has 11 heteroatoms. The summed E-state index contributed by atoms with van der Waals surface area (Å²) in [4.78, 5) is 32.2. The number of nitrogens with one attached hydrogen (secondary N) is 2. The van der Waals surface area contributed by atoms with Gasteiger partial charge < -0.3 is 15.5 Å². The van der Waals surface area contributed by atoms with E-state index >= 15 is 0 Å². The molecule has 0 aliphatic carbocycles. The predicted octanol–water partition coefficient (Wildman–Crippen LogP) is 3.86. The first-order valence-corrected chi connectivity index (χ1v) is 10.9. The molecule has 3 amide bonds. The minimum Gasteiger partial charge on any atom is -0.370 e. The summed E-state index contributed by atoms with van der Waals surface area (Å²) in [5, 5.41) is 7.50. The van der Waals surface area contributed by atoms with Crippen molar-refractivity contribution in [3.63, 3.8) is 0 Å². The molecule has 0 atom stereocenters. The summed E-state index contributed by atoms with van der Waals surface area (Å²) >= 11 is 1.25. The molecule has 2 aliphatic heterocycles. The van der Waals surface area contributed by atoms with Crippen LogP contribution in [0.5, 0.6) is 0 Å². The number of rotatable bonds is 5. The largest absolute Gasteiger partial charge is 0.416 e. The van der Waals surface area contributed by atoms with Crippen LogP contribution in [0.4, 0.5) is 34.5 Å². The van der Waals surface area contributed by atoms with Gasteiger partial charge >= 0.3 is 12.2 Å². The molecule has 0 spiro atoms. The van der Waals surface area contributed by atoms with E-state index in [0.29, 0.717) is 29.6 Å². The number of nitrogens with zero attached hydrogens (tertiary/aromatic N) is 3. The molecule has 3 heterocycles. The lowest BCUT2D eigenvalue weighted by molar-refractivity contribution is -0.137. The number of urea groups is 1. The number of aromatic nitrogens is 1. The predicted molar refractivity (Wildman–Crippen MR) is 113 cm³/mol. The van der Waals surface area contributed by atoms with Crippen LogP contribution < -0.4 is 20.4 Å². The van der Waals surface area contributed by atoms with Gasteiger partial charge in [-0.2, -0.15) is 13.2 Å². The summed E-state index contributed by atoms with van der Waals surface area (Å²) in [5.74, 6) is -0.458. The minimum absolute atomic E-state index is 0.0956. The van der Waals surface area contributed by atoms with Crippen molar-refractivity contribution in [2.45, 2.75) is 31.9 Å². The lowest BCUT2D eigenvalue weighted by atomic mass is 10.1. The zero-order chi connectivity index (χ0) is 22.0. The molecular formula is C20H22F3N5O2S. The van der Waals surface area contributed by atoms with E-state index in [2.05, 4.69) is 15.6 Å². The molecule has 31 heavy (non-hydrogen) atoms. The number of piperidine rings is 1. The number of amides is 3. The average Bonchev–Trinajstić information content (AvgIpc) is 3.36. The number of anilines is 3. The van der Waals surface area contributed by atoms with Crippen LogP contribution in [0.3, 0.4) is 0 Å². The monoisotopic (exact) mass is 453 g/mol. The molecular weight excluding hydrogens is 431 g/mol. The van der Waals surface area contributed by atoms with Crippen molar-refractivity contribution in [2.24, 2.45) is 0 Å². The lowest BCUT2D eigenvalue weighted by Gasteiger charge is -2.31. The van der Waals surface area contributed by atoms with E-state index < -0.39 is 17.6 Å². The van der Waals surface area contributed by atoms with Gasteiger partial charge in [0.25, 0.3) is 0 Å². The Bertz CT molecular complexity index is 972. The molecule has 1 aromatic carbocycles. The van der Waals surface area contributed by atoms with Crippen molar-refractivity contribution < 1.29 is 22.8 Å². The van der Waals surface area contributed by atoms with E-state index in [1.165, 1.54) is 22.3 Å². The van der Waals surface area contributed by atoms with Gasteiger partial charge in [0.2, 0.25) is 5.91 Å². The molecule has 0 unspecified atom stereocenters. The van der Waals surface area contributed by atoms with Crippen molar-refractivity contribution in [3.8, 4) is 0 Å². The fraction of sp³-hybridized carbons (Fsp3) is 0.450. The Morgan fingerprint density at radius 1 is 1.19 bits per heavy atom. The van der Waals surface area contributed by atoms with E-state index in [-0.39, 0.29) is 18.1 Å². The average molecular weight is 453 g/mol. The van der Waals surface area contributed by atoms with Gasteiger partial charge in [0, 0.05) is 31.6 Å². The van der Waals surface area contributed by atoms with Crippen molar-refractivity contribution in [1.29, 1.82) is 0 Å². The van der Waals surface area contributed by atoms with Crippen molar-refractivity contribution in [3.05, 3.63) is 34.8 Å². The Morgan fingerprint density at radius 2 is 1.97 bits per heavy atom. The number of benzene rings is 1. The highest BCUT2D eigenvalue weighted by molar-refractivity contribution is 7.14. The van der Waals surface area contributed by atoms with Crippen LogP contribution in [0.1, 0.15) is 30.5 Å². The van der Waals surface area contributed by atoms with Crippen LogP contribution in [-0.2, 0) is 17.4 Å². The van der Waals surface area contributed by atoms with E-state index in [1.54, 1.807) is 5.38 Å². The second-order valence-electron chi connectivity index (χ2n) is 7.51. The van der Waals surface area contributed by atoms with Gasteiger partial charge in [0.15, 0.2) is 5.13 Å². The summed E-state index contributed by atoms with van der Waals surface area (Å²) in [6.07, 6.45) is -1.60. The summed E-state index contributed by atoms with van der Waals surface area (Å²) in [7, 11) is 0. The maximum Gasteiger partial charge on any atom is 0.416 e. The first kappa shape index (κ1) is 21.4. The fourth-order valence-electron chi connectivity index (χ4n) is 3.74. The fourth-order valence-corrected chi connectivity index (χ4v) is 4.59. The first-order valence-electron chi connectivity index (χ1n) is 10.1. The van der Waals surface area contributed by atoms with Gasteiger partial charge in [-0.1, -0.05) is 0 Å². The molecule has 2 N–H and O–H groups in total. The number of carbonyl (C=O) groups is 2. The number of hydrogen-bond donors (Lipinski definition) is 2. The second-order valence-corrected chi connectivity index (χ2v) is 8.34. The van der Waals surface area contributed by atoms with Crippen LogP contribution in [0.15, 0.2) is 23.6 Å². The third kappa shape index (κ3) is 4.92. The third-order valence-electron chi connectivity index (χ3n) is 5.26. The lowest BCUT2D eigenvalue weighted by Crippen LogP contribution is -2.30. The molecule has 0 saturated carbocycles. The normalized spacial score (nSPS) is 17.1. The van der Waals surface area contributed by atoms with Crippen molar-refractivity contribution >= 4 is 39.8 Å². The van der Waals surface area contributed by atoms with E-state index in [9.17, 15) is 22.8 Å². The summed E-state index contributed by atoms with van der Waals surface area (Å²) in [6, 6.07) is 3.23. The van der Waals surface area contributed by atoms with Crippen LogP contribution in [-0.4, -0.2) is 43.1 Å². The van der Waals surface area contributed by atoms with Gasteiger partial charge in [-0.05, 0) is 37.5 Å². The van der Waals surface area contributed by atoms with Gasteiger partial charge in [-0.3, -0.25) is 9.69 Å². The summed E-state index contributed by atoms with van der Waals surface area (Å²) in [5.41, 5.74) is 0.396. The van der Waals surface area contributed by atoms with Crippen molar-refractivity contribution in [2.75, 3.05) is 41.3 Å². The van der Waals surface area contributed by atoms with Gasteiger partial charge in [0.1, 0.15) is 0 Å². The zero-order valence-electron chi connectivity index (χ0n) is 16.7. The van der Waals surface area contributed by atoms with Crippen LogP contribution in [0, 0.1) is 0 Å². The molecule has 166 valence electrons. The Morgan fingerprint density at radius 3 is 2.65 bits per heavy atom. The van der Waals surface area contributed by atoms with Crippen LogP contribution in [0.25, 0.3) is 0 Å². The molecule has 7 nitrogen and oxygen atoms in total. The van der Waals surface area contributed by atoms with Gasteiger partial charge in [-0.25, -0.2) is 9.78 Å². The molecule has 0 bridgehead atoms. The zero-order valence-corrected chi connectivity index (χ0v) is 17.5. The molecule has 2 fully saturated rings. The molecule has 4 rings (SSSR count). The summed E-state index contributed by atoms with van der Waals surface area (Å²) in [6.45, 7) is 2.51. The molecule has 2 aromatic rings. The maximum atomic E-state index is 13.2. The maximum absolute atomic E-state index is 13.2. The number of alkyl halides is 3. The highest BCUT2D eigenvalue weighted by Crippen LogP contribution is 2.36. The van der Waals surface area contributed by atoms with E-state index in [0.717, 1.165) is 44.5 Å². The minimum atomic E-state index is -4.50. The SMILES string of the molecule is O=C(Cc1csc(N2CCNC2=O)n1)Nc1cc(C(F)(F)F)ccc1N1CCCCC1.